The molecule has 2 heteroatoms. The van der Waals surface area contributed by atoms with E-state index >= 15 is 0 Å². The fraction of sp³-hybridized carbons (Fsp3) is 0.421. The summed E-state index contributed by atoms with van der Waals surface area (Å²) in [4.78, 5) is 0. The average molecular weight is 661 g/mol. The number of rotatable bonds is 14. The van der Waals surface area contributed by atoms with Crippen LogP contribution in [-0.4, -0.2) is 0 Å². The van der Waals surface area contributed by atoms with Crippen molar-refractivity contribution in [3.63, 3.8) is 0 Å². The molecule has 0 fully saturated rings. The van der Waals surface area contributed by atoms with Gasteiger partial charge in [0, 0.05) is 31.2 Å². The second-order valence-electron chi connectivity index (χ2n) is 10.7. The maximum atomic E-state index is 3.56. The Labute approximate surface area is 261 Å². The normalized spacial score (nSPS) is 10.5. The second kappa shape index (κ2) is 19.0. The Morgan fingerprint density at radius 2 is 0.800 bits per heavy atom. The van der Waals surface area contributed by atoms with E-state index in [2.05, 4.69) is 130 Å². The van der Waals surface area contributed by atoms with Crippen LogP contribution < -0.4 is 0 Å². The van der Waals surface area contributed by atoms with Gasteiger partial charge in [-0.3, -0.25) is 0 Å². The first-order valence-electron chi connectivity index (χ1n) is 15.3. The summed E-state index contributed by atoms with van der Waals surface area (Å²) >= 11 is 7.07. The van der Waals surface area contributed by atoms with Crippen LogP contribution in [0.3, 0.4) is 0 Å². The number of hydrogen-bond acceptors (Lipinski definition) is 0. The van der Waals surface area contributed by atoms with Gasteiger partial charge in [-0.05, 0) is 97.5 Å². The molecule has 40 heavy (non-hydrogen) atoms. The van der Waals surface area contributed by atoms with Crippen molar-refractivity contribution in [1.82, 2.24) is 0 Å². The minimum atomic E-state index is 1.05. The summed E-state index contributed by atoms with van der Waals surface area (Å²) in [5.74, 6) is 14.0. The lowest BCUT2D eigenvalue weighted by molar-refractivity contribution is 0.605. The molecular weight excluding hydrogens is 616 g/mol. The van der Waals surface area contributed by atoms with E-state index in [0.717, 1.165) is 32.9 Å². The Kier molecular flexibility index (Phi) is 15.3. The number of aryl methyl sites for hydroxylation is 2. The van der Waals surface area contributed by atoms with Gasteiger partial charge in [-0.25, -0.2) is 0 Å². The van der Waals surface area contributed by atoms with Crippen LogP contribution in [0, 0.1) is 23.7 Å². The van der Waals surface area contributed by atoms with Gasteiger partial charge in [0.1, 0.15) is 0 Å². The van der Waals surface area contributed by atoms with E-state index in [9.17, 15) is 0 Å². The van der Waals surface area contributed by atoms with Crippen molar-refractivity contribution in [3.05, 3.63) is 103 Å². The van der Waals surface area contributed by atoms with Crippen LogP contribution in [-0.2, 0) is 12.8 Å². The zero-order valence-corrected chi connectivity index (χ0v) is 27.6. The van der Waals surface area contributed by atoms with Gasteiger partial charge in [-0.15, -0.1) is 0 Å². The summed E-state index contributed by atoms with van der Waals surface area (Å²) in [5.41, 5.74) is 7.12. The topological polar surface area (TPSA) is 0 Å². The Bertz CT molecular complexity index is 1170. The van der Waals surface area contributed by atoms with Crippen molar-refractivity contribution in [3.8, 4) is 23.7 Å². The summed E-state index contributed by atoms with van der Waals surface area (Å²) in [7, 11) is 0. The van der Waals surface area contributed by atoms with Crippen LogP contribution in [0.1, 0.15) is 124 Å². The fourth-order valence-corrected chi connectivity index (χ4v) is 5.40. The number of halogens is 2. The van der Waals surface area contributed by atoms with Gasteiger partial charge in [0.25, 0.3) is 0 Å². The molecule has 0 aromatic heterocycles. The van der Waals surface area contributed by atoms with Crippen molar-refractivity contribution in [2.45, 2.75) is 104 Å². The van der Waals surface area contributed by atoms with Gasteiger partial charge >= 0.3 is 0 Å². The molecule has 0 unspecified atom stereocenters. The van der Waals surface area contributed by atoms with Crippen LogP contribution in [0.5, 0.6) is 0 Å². The van der Waals surface area contributed by atoms with Crippen LogP contribution in [0.25, 0.3) is 0 Å². The average Bonchev–Trinajstić information content (AvgIpc) is 2.97. The predicted octanol–water partition coefficient (Wildman–Crippen LogP) is 11.8. The van der Waals surface area contributed by atoms with E-state index < -0.39 is 0 Å². The number of hydrogen-bond donors (Lipinski definition) is 0. The van der Waals surface area contributed by atoms with E-state index in [1.165, 1.54) is 99.3 Å². The third kappa shape index (κ3) is 12.1. The second-order valence-corrected chi connectivity index (χ2v) is 12.5. The molecule has 0 saturated heterocycles. The molecule has 0 amide bonds. The maximum absolute atomic E-state index is 3.56. The quantitative estimate of drug-likeness (QED) is 0.119. The molecule has 0 aliphatic rings. The molecule has 0 radical (unpaired) electrons. The lowest BCUT2D eigenvalue weighted by Gasteiger charge is -2.12. The molecule has 3 rings (SSSR count). The van der Waals surface area contributed by atoms with Crippen molar-refractivity contribution in [1.29, 1.82) is 0 Å². The van der Waals surface area contributed by atoms with Gasteiger partial charge in [-0.2, -0.15) is 0 Å². The SMILES string of the molecule is CCCCCCCCc1cc(C#Cc2ccc(Br)cc2)c(CCCCCCCC)cc1C#Cc1ccc(Br)cc1. The first-order chi connectivity index (χ1) is 19.6. The highest BCUT2D eigenvalue weighted by Gasteiger charge is 2.09. The summed E-state index contributed by atoms with van der Waals surface area (Å²) in [6.45, 7) is 4.56. The minimum absolute atomic E-state index is 1.05. The zero-order chi connectivity index (χ0) is 28.4. The van der Waals surface area contributed by atoms with E-state index in [1.54, 1.807) is 0 Å². The fourth-order valence-electron chi connectivity index (χ4n) is 4.87. The summed E-state index contributed by atoms with van der Waals surface area (Å²) in [6.07, 6.45) is 17.6. The van der Waals surface area contributed by atoms with Crippen LogP contribution in [0.4, 0.5) is 0 Å². The predicted molar refractivity (Wildman–Crippen MR) is 181 cm³/mol. The summed E-state index contributed by atoms with van der Waals surface area (Å²) in [6, 6.07) is 21.3. The Morgan fingerprint density at radius 3 is 1.18 bits per heavy atom. The van der Waals surface area contributed by atoms with E-state index in [0.29, 0.717) is 0 Å². The third-order valence-electron chi connectivity index (χ3n) is 7.30. The molecule has 210 valence electrons. The number of benzene rings is 3. The Morgan fingerprint density at radius 1 is 0.450 bits per heavy atom. The van der Waals surface area contributed by atoms with Gasteiger partial charge in [0.15, 0.2) is 0 Å². The zero-order valence-electron chi connectivity index (χ0n) is 24.4. The number of unbranched alkanes of at least 4 members (excludes halogenated alkanes) is 10. The van der Waals surface area contributed by atoms with Crippen LogP contribution in [0.15, 0.2) is 69.6 Å². The molecule has 0 N–H and O–H groups in total. The molecular formula is C38H44Br2. The van der Waals surface area contributed by atoms with Gasteiger partial charge in [0.05, 0.1) is 0 Å². The molecule has 0 atom stereocenters. The minimum Gasteiger partial charge on any atom is -0.0654 e. The largest absolute Gasteiger partial charge is 0.0654 e. The van der Waals surface area contributed by atoms with Crippen molar-refractivity contribution in [2.24, 2.45) is 0 Å². The molecule has 0 spiro atoms. The van der Waals surface area contributed by atoms with E-state index in [1.807, 2.05) is 0 Å². The van der Waals surface area contributed by atoms with E-state index in [4.69, 9.17) is 0 Å². The standard InChI is InChI=1S/C38H44Br2/c1-3-5-7-9-11-13-15-33-29-36(24-18-32-21-27-38(40)28-22-32)34(16-14-12-10-8-6-4-2)30-35(33)23-17-31-19-25-37(39)26-20-31/h19-22,25-30H,3-16H2,1-2H3. The highest BCUT2D eigenvalue weighted by molar-refractivity contribution is 9.10. The first kappa shape index (κ1) is 32.3. The third-order valence-corrected chi connectivity index (χ3v) is 8.36. The molecule has 0 saturated carbocycles. The monoisotopic (exact) mass is 658 g/mol. The lowest BCUT2D eigenvalue weighted by atomic mass is 9.92. The Hall–Kier alpha value is -2.26. The molecule has 0 nitrogen and oxygen atoms in total. The smallest absolute Gasteiger partial charge is 0.0284 e. The maximum Gasteiger partial charge on any atom is 0.0284 e. The highest BCUT2D eigenvalue weighted by atomic mass is 79.9. The molecule has 0 aliphatic heterocycles. The van der Waals surface area contributed by atoms with Crippen molar-refractivity contribution >= 4 is 31.9 Å². The van der Waals surface area contributed by atoms with Crippen molar-refractivity contribution in [2.75, 3.05) is 0 Å². The molecule has 0 aliphatic carbocycles. The molecule has 0 bridgehead atoms. The highest BCUT2D eigenvalue weighted by Crippen LogP contribution is 2.22. The lowest BCUT2D eigenvalue weighted by Crippen LogP contribution is -1.99. The first-order valence-corrected chi connectivity index (χ1v) is 16.9. The molecule has 0 heterocycles. The van der Waals surface area contributed by atoms with Gasteiger partial charge in [0.2, 0.25) is 0 Å². The molecule has 3 aromatic carbocycles. The summed E-state index contributed by atoms with van der Waals surface area (Å²) in [5, 5.41) is 0. The van der Waals surface area contributed by atoms with Crippen LogP contribution >= 0.6 is 31.9 Å². The van der Waals surface area contributed by atoms with Gasteiger partial charge < -0.3 is 0 Å². The Balaban J connectivity index is 1.91. The van der Waals surface area contributed by atoms with Gasteiger partial charge in [-0.1, -0.05) is 134 Å². The summed E-state index contributed by atoms with van der Waals surface area (Å²) < 4.78 is 2.16. The molecule has 3 aromatic rings. The van der Waals surface area contributed by atoms with Crippen molar-refractivity contribution < 1.29 is 0 Å². The van der Waals surface area contributed by atoms with E-state index in [-0.39, 0.29) is 0 Å². The van der Waals surface area contributed by atoms with Crippen LogP contribution in [0.2, 0.25) is 0 Å².